The van der Waals surface area contributed by atoms with Gasteiger partial charge in [0.1, 0.15) is 0 Å². The maximum atomic E-state index is 7.81. The molecule has 3 heteroatoms. The van der Waals surface area contributed by atoms with E-state index in [1.165, 1.54) is 25.7 Å². The quantitative estimate of drug-likeness (QED) is 0.633. The van der Waals surface area contributed by atoms with Crippen LogP contribution in [0.5, 0.6) is 0 Å². The highest BCUT2D eigenvalue weighted by molar-refractivity contribution is 5.84. The molecule has 1 aliphatic rings. The van der Waals surface area contributed by atoms with Crippen LogP contribution in [-0.2, 0) is 0 Å². The second-order valence-electron chi connectivity index (χ2n) is 5.13. The summed E-state index contributed by atoms with van der Waals surface area (Å²) in [6.45, 7) is 3.19. The molecule has 1 heterocycles. The van der Waals surface area contributed by atoms with Crippen molar-refractivity contribution in [3.63, 3.8) is 0 Å². The summed E-state index contributed by atoms with van der Waals surface area (Å²) in [7, 11) is 0. The van der Waals surface area contributed by atoms with Crippen LogP contribution in [0, 0.1) is 5.41 Å². The standard InChI is InChI=1S/C15H23N3/c16-15(17)14(13-8-4-3-5-9-13)12-18-10-6-1-2-7-11-18/h3-5,8-9,14H,1-2,6-7,10-12H2,(H3,16,17). The summed E-state index contributed by atoms with van der Waals surface area (Å²) in [5.41, 5.74) is 6.94. The summed E-state index contributed by atoms with van der Waals surface area (Å²) < 4.78 is 0. The van der Waals surface area contributed by atoms with E-state index in [-0.39, 0.29) is 11.8 Å². The van der Waals surface area contributed by atoms with Gasteiger partial charge in [0.2, 0.25) is 0 Å². The van der Waals surface area contributed by atoms with Crippen LogP contribution in [-0.4, -0.2) is 30.4 Å². The number of hydrogen-bond acceptors (Lipinski definition) is 2. The highest BCUT2D eigenvalue weighted by Gasteiger charge is 2.19. The van der Waals surface area contributed by atoms with Gasteiger partial charge in [0, 0.05) is 6.54 Å². The molecule has 1 aromatic rings. The lowest BCUT2D eigenvalue weighted by molar-refractivity contribution is 0.282. The molecule has 2 rings (SSSR count). The van der Waals surface area contributed by atoms with Gasteiger partial charge in [0.25, 0.3) is 0 Å². The minimum absolute atomic E-state index is 0.0456. The number of rotatable bonds is 4. The molecule has 0 bridgehead atoms. The Bertz CT molecular complexity index is 367. The van der Waals surface area contributed by atoms with Crippen LogP contribution in [0.25, 0.3) is 0 Å². The second-order valence-corrected chi connectivity index (χ2v) is 5.13. The van der Waals surface area contributed by atoms with Crippen molar-refractivity contribution in [2.45, 2.75) is 31.6 Å². The Labute approximate surface area is 109 Å². The van der Waals surface area contributed by atoms with E-state index >= 15 is 0 Å². The van der Waals surface area contributed by atoms with Crippen molar-refractivity contribution in [3.05, 3.63) is 35.9 Å². The molecule has 1 unspecified atom stereocenters. The van der Waals surface area contributed by atoms with Gasteiger partial charge in [-0.25, -0.2) is 0 Å². The topological polar surface area (TPSA) is 53.1 Å². The zero-order valence-electron chi connectivity index (χ0n) is 10.9. The largest absolute Gasteiger partial charge is 0.387 e. The molecule has 1 atom stereocenters. The molecule has 1 fully saturated rings. The molecule has 0 saturated carbocycles. The summed E-state index contributed by atoms with van der Waals surface area (Å²) in [4.78, 5) is 2.46. The Balaban J connectivity index is 2.04. The third-order valence-corrected chi connectivity index (χ3v) is 3.72. The fraction of sp³-hybridized carbons (Fsp3) is 0.533. The summed E-state index contributed by atoms with van der Waals surface area (Å²) >= 11 is 0. The van der Waals surface area contributed by atoms with E-state index in [1.807, 2.05) is 18.2 Å². The Morgan fingerprint density at radius 1 is 1.11 bits per heavy atom. The third-order valence-electron chi connectivity index (χ3n) is 3.72. The maximum Gasteiger partial charge on any atom is 0.0995 e. The zero-order valence-corrected chi connectivity index (χ0v) is 10.9. The zero-order chi connectivity index (χ0) is 12.8. The lowest BCUT2D eigenvalue weighted by Gasteiger charge is -2.25. The van der Waals surface area contributed by atoms with Gasteiger partial charge in [0.05, 0.1) is 11.8 Å². The van der Waals surface area contributed by atoms with Crippen LogP contribution < -0.4 is 5.73 Å². The van der Waals surface area contributed by atoms with Gasteiger partial charge in [-0.1, -0.05) is 43.2 Å². The van der Waals surface area contributed by atoms with Crippen LogP contribution in [0.15, 0.2) is 30.3 Å². The number of amidine groups is 1. The molecule has 0 spiro atoms. The maximum absolute atomic E-state index is 7.81. The number of nitrogens with two attached hydrogens (primary N) is 1. The molecule has 1 saturated heterocycles. The normalized spacial score (nSPS) is 19.1. The van der Waals surface area contributed by atoms with Crippen LogP contribution in [0.3, 0.4) is 0 Å². The molecule has 3 nitrogen and oxygen atoms in total. The van der Waals surface area contributed by atoms with E-state index < -0.39 is 0 Å². The number of nitrogens with one attached hydrogen (secondary N) is 1. The van der Waals surface area contributed by atoms with Crippen molar-refractivity contribution >= 4 is 5.84 Å². The van der Waals surface area contributed by atoms with E-state index in [9.17, 15) is 0 Å². The van der Waals surface area contributed by atoms with Gasteiger partial charge in [0.15, 0.2) is 0 Å². The SMILES string of the molecule is N=C(N)C(CN1CCCCCC1)c1ccccc1. The van der Waals surface area contributed by atoms with Gasteiger partial charge in [-0.05, 0) is 31.5 Å². The van der Waals surface area contributed by atoms with E-state index in [1.54, 1.807) is 0 Å². The van der Waals surface area contributed by atoms with Crippen molar-refractivity contribution in [2.24, 2.45) is 5.73 Å². The number of benzene rings is 1. The average Bonchev–Trinajstić information content (AvgIpc) is 2.65. The second kappa shape index (κ2) is 6.55. The van der Waals surface area contributed by atoms with Crippen molar-refractivity contribution < 1.29 is 0 Å². The van der Waals surface area contributed by atoms with E-state index in [2.05, 4.69) is 17.0 Å². The van der Waals surface area contributed by atoms with Crippen LogP contribution >= 0.6 is 0 Å². The lowest BCUT2D eigenvalue weighted by Crippen LogP contribution is -2.35. The predicted octanol–water partition coefficient (Wildman–Crippen LogP) is 2.58. The van der Waals surface area contributed by atoms with Gasteiger partial charge in [-0.2, -0.15) is 0 Å². The minimum atomic E-state index is 0.0456. The molecule has 0 aromatic heterocycles. The molecular weight excluding hydrogens is 222 g/mol. The minimum Gasteiger partial charge on any atom is -0.387 e. The molecule has 18 heavy (non-hydrogen) atoms. The monoisotopic (exact) mass is 245 g/mol. The average molecular weight is 245 g/mol. The Morgan fingerprint density at radius 3 is 2.28 bits per heavy atom. The number of hydrogen-bond donors (Lipinski definition) is 2. The summed E-state index contributed by atoms with van der Waals surface area (Å²) in [5.74, 6) is 0.328. The first-order valence-corrected chi connectivity index (χ1v) is 6.88. The molecule has 0 radical (unpaired) electrons. The van der Waals surface area contributed by atoms with Crippen LogP contribution in [0.1, 0.15) is 37.2 Å². The summed E-state index contributed by atoms with van der Waals surface area (Å²) in [6, 6.07) is 10.2. The van der Waals surface area contributed by atoms with Crippen molar-refractivity contribution in [2.75, 3.05) is 19.6 Å². The van der Waals surface area contributed by atoms with Crippen LogP contribution in [0.2, 0.25) is 0 Å². The van der Waals surface area contributed by atoms with E-state index in [4.69, 9.17) is 11.1 Å². The predicted molar refractivity (Wildman–Crippen MR) is 76.0 cm³/mol. The third kappa shape index (κ3) is 3.57. The molecule has 0 aliphatic carbocycles. The van der Waals surface area contributed by atoms with Gasteiger partial charge in [-0.3, -0.25) is 5.41 Å². The summed E-state index contributed by atoms with van der Waals surface area (Å²) in [6.07, 6.45) is 5.23. The lowest BCUT2D eigenvalue weighted by atomic mass is 9.97. The fourth-order valence-electron chi connectivity index (χ4n) is 2.65. The highest BCUT2D eigenvalue weighted by atomic mass is 15.1. The first-order valence-electron chi connectivity index (χ1n) is 6.88. The Kier molecular flexibility index (Phi) is 4.76. The first-order chi connectivity index (χ1) is 8.77. The van der Waals surface area contributed by atoms with Gasteiger partial charge >= 0.3 is 0 Å². The Hall–Kier alpha value is -1.35. The van der Waals surface area contributed by atoms with Crippen molar-refractivity contribution in [3.8, 4) is 0 Å². The highest BCUT2D eigenvalue weighted by Crippen LogP contribution is 2.19. The fourth-order valence-corrected chi connectivity index (χ4v) is 2.65. The van der Waals surface area contributed by atoms with Gasteiger partial charge in [-0.15, -0.1) is 0 Å². The smallest absolute Gasteiger partial charge is 0.0995 e. The first kappa shape index (κ1) is 13.1. The molecule has 3 N–H and O–H groups in total. The van der Waals surface area contributed by atoms with Crippen molar-refractivity contribution in [1.82, 2.24) is 4.90 Å². The molecule has 1 aliphatic heterocycles. The molecule has 0 amide bonds. The molecule has 98 valence electrons. The van der Waals surface area contributed by atoms with Crippen molar-refractivity contribution in [1.29, 1.82) is 5.41 Å². The van der Waals surface area contributed by atoms with Gasteiger partial charge < -0.3 is 10.6 Å². The van der Waals surface area contributed by atoms with E-state index in [0.717, 1.165) is 25.2 Å². The van der Waals surface area contributed by atoms with E-state index in [0.29, 0.717) is 0 Å². The molecular formula is C15H23N3. The molecule has 1 aromatic carbocycles. The number of likely N-dealkylation sites (tertiary alicyclic amines) is 1. The number of nitrogens with zero attached hydrogens (tertiary/aromatic N) is 1. The Morgan fingerprint density at radius 2 is 1.72 bits per heavy atom. The van der Waals surface area contributed by atoms with Crippen LogP contribution in [0.4, 0.5) is 0 Å². The summed E-state index contributed by atoms with van der Waals surface area (Å²) in [5, 5.41) is 7.81.